The van der Waals surface area contributed by atoms with Crippen molar-refractivity contribution in [2.45, 2.75) is 19.6 Å². The molecule has 122 valence electrons. The largest absolute Gasteiger partial charge is 0.489 e. The van der Waals surface area contributed by atoms with Gasteiger partial charge in [-0.15, -0.1) is 0 Å². The number of hydrogen-bond acceptors (Lipinski definition) is 3. The highest BCUT2D eigenvalue weighted by molar-refractivity contribution is 6.31. The highest BCUT2D eigenvalue weighted by Gasteiger charge is 2.05. The average molecular weight is 334 g/mol. The molecule has 0 aliphatic carbocycles. The Bertz CT molecular complexity index is 660. The number of hydrogen-bond donors (Lipinski definition) is 1. The maximum absolute atomic E-state index is 10.6. The molecule has 0 aliphatic heterocycles. The lowest BCUT2D eigenvalue weighted by Crippen LogP contribution is -2.21. The number of carbonyl (C=O) groups is 1. The summed E-state index contributed by atoms with van der Waals surface area (Å²) in [5.74, 6) is -0.0114. The van der Waals surface area contributed by atoms with Gasteiger partial charge in [0.15, 0.2) is 0 Å². The minimum Gasteiger partial charge on any atom is -0.489 e. The van der Waals surface area contributed by atoms with Crippen molar-refractivity contribution in [1.29, 1.82) is 0 Å². The summed E-state index contributed by atoms with van der Waals surface area (Å²) in [4.78, 5) is 12.6. The third kappa shape index (κ3) is 5.93. The second-order valence-corrected chi connectivity index (χ2v) is 5.82. The standard InChI is InChI=1S/C18H20ClNO3/c1-20(10-9-18(21)22)12-14-5-4-7-16(11-14)23-13-15-6-2-3-8-17(15)19/h2-8,11H,9-10,12-13H2,1H3,(H,21,22). The van der Waals surface area contributed by atoms with Crippen LogP contribution in [0.1, 0.15) is 17.5 Å². The van der Waals surface area contributed by atoms with Crippen molar-refractivity contribution in [2.75, 3.05) is 13.6 Å². The molecule has 0 aliphatic rings. The Morgan fingerprint density at radius 3 is 2.74 bits per heavy atom. The number of rotatable bonds is 8. The molecule has 2 rings (SSSR count). The Hall–Kier alpha value is -2.04. The molecular formula is C18H20ClNO3. The van der Waals surface area contributed by atoms with Crippen LogP contribution >= 0.6 is 11.6 Å². The van der Waals surface area contributed by atoms with Crippen LogP contribution in [0.15, 0.2) is 48.5 Å². The fraction of sp³-hybridized carbons (Fsp3) is 0.278. The maximum Gasteiger partial charge on any atom is 0.304 e. The number of halogens is 1. The highest BCUT2D eigenvalue weighted by Crippen LogP contribution is 2.20. The molecule has 2 aromatic carbocycles. The molecule has 0 heterocycles. The number of carboxylic acid groups (broad SMARTS) is 1. The molecule has 0 saturated carbocycles. The minimum absolute atomic E-state index is 0.138. The predicted octanol–water partition coefficient (Wildman–Crippen LogP) is 3.83. The highest BCUT2D eigenvalue weighted by atomic mass is 35.5. The van der Waals surface area contributed by atoms with E-state index in [1.165, 1.54) is 0 Å². The first kappa shape index (κ1) is 17.3. The molecule has 0 unspecified atom stereocenters. The zero-order valence-electron chi connectivity index (χ0n) is 13.0. The first-order chi connectivity index (χ1) is 11.0. The van der Waals surface area contributed by atoms with Crippen molar-refractivity contribution in [3.8, 4) is 5.75 Å². The molecule has 0 aromatic heterocycles. The van der Waals surface area contributed by atoms with E-state index >= 15 is 0 Å². The summed E-state index contributed by atoms with van der Waals surface area (Å²) >= 11 is 6.12. The van der Waals surface area contributed by atoms with Crippen LogP contribution in [0.5, 0.6) is 5.75 Å². The number of carboxylic acids is 1. The van der Waals surface area contributed by atoms with Gasteiger partial charge in [-0.2, -0.15) is 0 Å². The zero-order chi connectivity index (χ0) is 16.7. The van der Waals surface area contributed by atoms with E-state index in [9.17, 15) is 4.79 Å². The van der Waals surface area contributed by atoms with Gasteiger partial charge >= 0.3 is 5.97 Å². The van der Waals surface area contributed by atoms with Crippen LogP contribution in [-0.4, -0.2) is 29.6 Å². The number of benzene rings is 2. The molecule has 0 saturated heterocycles. The van der Waals surface area contributed by atoms with Crippen LogP contribution in [-0.2, 0) is 17.9 Å². The van der Waals surface area contributed by atoms with Crippen LogP contribution in [0.25, 0.3) is 0 Å². The fourth-order valence-corrected chi connectivity index (χ4v) is 2.38. The first-order valence-electron chi connectivity index (χ1n) is 7.40. The molecule has 4 nitrogen and oxygen atoms in total. The van der Waals surface area contributed by atoms with Crippen molar-refractivity contribution < 1.29 is 14.6 Å². The summed E-state index contributed by atoms with van der Waals surface area (Å²) in [5.41, 5.74) is 2.02. The predicted molar refractivity (Wildman–Crippen MR) is 90.8 cm³/mol. The smallest absolute Gasteiger partial charge is 0.304 e. The molecule has 5 heteroatoms. The third-order valence-electron chi connectivity index (χ3n) is 3.41. The van der Waals surface area contributed by atoms with Crippen LogP contribution < -0.4 is 4.74 Å². The lowest BCUT2D eigenvalue weighted by molar-refractivity contribution is -0.137. The summed E-state index contributed by atoms with van der Waals surface area (Å²) in [6.07, 6.45) is 0.138. The molecule has 23 heavy (non-hydrogen) atoms. The molecular weight excluding hydrogens is 314 g/mol. The van der Waals surface area contributed by atoms with Crippen molar-refractivity contribution in [2.24, 2.45) is 0 Å². The maximum atomic E-state index is 10.6. The SMILES string of the molecule is CN(CCC(=O)O)Cc1cccc(OCc2ccccc2Cl)c1. The summed E-state index contributed by atoms with van der Waals surface area (Å²) in [5, 5.41) is 9.41. The van der Waals surface area contributed by atoms with E-state index in [-0.39, 0.29) is 6.42 Å². The van der Waals surface area contributed by atoms with Crippen molar-refractivity contribution in [3.05, 3.63) is 64.7 Å². The number of nitrogens with zero attached hydrogens (tertiary/aromatic N) is 1. The molecule has 0 atom stereocenters. The van der Waals surface area contributed by atoms with Crippen molar-refractivity contribution in [1.82, 2.24) is 4.90 Å². The van der Waals surface area contributed by atoms with Gasteiger partial charge in [0, 0.05) is 23.7 Å². The van der Waals surface area contributed by atoms with Gasteiger partial charge in [-0.3, -0.25) is 4.79 Å². The first-order valence-corrected chi connectivity index (χ1v) is 7.78. The van der Waals surface area contributed by atoms with E-state index in [1.807, 2.05) is 60.5 Å². The van der Waals surface area contributed by atoms with Crippen molar-refractivity contribution in [3.63, 3.8) is 0 Å². The van der Waals surface area contributed by atoms with Crippen LogP contribution in [0.3, 0.4) is 0 Å². The zero-order valence-corrected chi connectivity index (χ0v) is 13.8. The molecule has 0 fully saturated rings. The summed E-state index contributed by atoms with van der Waals surface area (Å²) in [7, 11) is 1.90. The Morgan fingerprint density at radius 2 is 2.00 bits per heavy atom. The average Bonchev–Trinajstić information content (AvgIpc) is 2.52. The van der Waals surface area contributed by atoms with E-state index in [1.54, 1.807) is 0 Å². The van der Waals surface area contributed by atoms with Gasteiger partial charge in [0.2, 0.25) is 0 Å². The Morgan fingerprint density at radius 1 is 1.22 bits per heavy atom. The Balaban J connectivity index is 1.92. The summed E-state index contributed by atoms with van der Waals surface area (Å²) < 4.78 is 5.80. The van der Waals surface area contributed by atoms with Crippen LogP contribution in [0.2, 0.25) is 5.02 Å². The van der Waals surface area contributed by atoms with Gasteiger partial charge in [0.1, 0.15) is 12.4 Å². The lowest BCUT2D eigenvalue weighted by atomic mass is 10.2. The van der Waals surface area contributed by atoms with Gasteiger partial charge in [-0.05, 0) is 30.8 Å². The van der Waals surface area contributed by atoms with Gasteiger partial charge < -0.3 is 14.7 Å². The van der Waals surface area contributed by atoms with Gasteiger partial charge in [-0.1, -0.05) is 41.9 Å². The van der Waals surface area contributed by atoms with E-state index in [0.717, 1.165) is 16.9 Å². The number of ether oxygens (including phenoxy) is 1. The van der Waals surface area contributed by atoms with Gasteiger partial charge in [-0.25, -0.2) is 0 Å². The third-order valence-corrected chi connectivity index (χ3v) is 3.78. The Kier molecular flexibility index (Phi) is 6.44. The lowest BCUT2D eigenvalue weighted by Gasteiger charge is -2.16. The van der Waals surface area contributed by atoms with Crippen molar-refractivity contribution >= 4 is 17.6 Å². The molecule has 2 aromatic rings. The molecule has 0 amide bonds. The Labute approximate surface area is 141 Å². The monoisotopic (exact) mass is 333 g/mol. The normalized spacial score (nSPS) is 10.7. The summed E-state index contributed by atoms with van der Waals surface area (Å²) in [6.45, 7) is 1.61. The van der Waals surface area contributed by atoms with E-state index in [0.29, 0.717) is 24.7 Å². The molecule has 0 bridgehead atoms. The summed E-state index contributed by atoms with van der Waals surface area (Å²) in [6, 6.07) is 15.4. The molecule has 0 radical (unpaired) electrons. The second-order valence-electron chi connectivity index (χ2n) is 5.41. The van der Waals surface area contributed by atoms with Gasteiger partial charge in [0.25, 0.3) is 0 Å². The molecule has 1 N–H and O–H groups in total. The van der Waals surface area contributed by atoms with E-state index < -0.39 is 5.97 Å². The topological polar surface area (TPSA) is 49.8 Å². The van der Waals surface area contributed by atoms with E-state index in [2.05, 4.69) is 0 Å². The minimum atomic E-state index is -0.784. The quantitative estimate of drug-likeness (QED) is 0.797. The van der Waals surface area contributed by atoms with Gasteiger partial charge in [0.05, 0.1) is 6.42 Å². The van der Waals surface area contributed by atoms with Crippen LogP contribution in [0, 0.1) is 0 Å². The van der Waals surface area contributed by atoms with Crippen LogP contribution in [0.4, 0.5) is 0 Å². The van der Waals surface area contributed by atoms with E-state index in [4.69, 9.17) is 21.4 Å². The second kappa shape index (κ2) is 8.56. The molecule has 0 spiro atoms. The fourth-order valence-electron chi connectivity index (χ4n) is 2.19. The number of aliphatic carboxylic acids is 1.